The van der Waals surface area contributed by atoms with E-state index in [1.54, 1.807) is 4.90 Å². The van der Waals surface area contributed by atoms with E-state index in [1.165, 1.54) is 36.5 Å². The summed E-state index contributed by atoms with van der Waals surface area (Å²) in [5.74, 6) is 0.172. The van der Waals surface area contributed by atoms with Gasteiger partial charge >= 0.3 is 5.69 Å². The number of nitro benzene ring substituents is 1. The van der Waals surface area contributed by atoms with E-state index in [0.29, 0.717) is 0 Å². The van der Waals surface area contributed by atoms with Gasteiger partial charge in [-0.3, -0.25) is 20.2 Å². The van der Waals surface area contributed by atoms with Crippen molar-refractivity contribution in [2.75, 3.05) is 31.1 Å². The monoisotopic (exact) mass is 393 g/mol. The van der Waals surface area contributed by atoms with Crippen molar-refractivity contribution in [3.8, 4) is 0 Å². The molecule has 142 valence electrons. The number of anilines is 1. The van der Waals surface area contributed by atoms with Crippen molar-refractivity contribution in [3.05, 3.63) is 62.8 Å². The molecule has 0 radical (unpaired) electrons. The van der Waals surface area contributed by atoms with Gasteiger partial charge in [0.05, 0.1) is 9.85 Å². The average Bonchev–Trinajstić information content (AvgIpc) is 2.68. The van der Waals surface area contributed by atoms with Crippen LogP contribution in [-0.2, 0) is 10.0 Å². The molecule has 27 heavy (non-hydrogen) atoms. The minimum atomic E-state index is -4.06. The topological polar surface area (TPSA) is 140 Å². The molecule has 3 rings (SSSR count). The summed E-state index contributed by atoms with van der Waals surface area (Å²) < 4.78 is 26.8. The smallest absolute Gasteiger partial charge is 0.311 e. The van der Waals surface area contributed by atoms with Crippen molar-refractivity contribution >= 4 is 27.2 Å². The van der Waals surface area contributed by atoms with Gasteiger partial charge in [-0.1, -0.05) is 12.1 Å². The zero-order chi connectivity index (χ0) is 19.6. The van der Waals surface area contributed by atoms with Gasteiger partial charge in [0.25, 0.3) is 5.69 Å². The lowest BCUT2D eigenvalue weighted by molar-refractivity contribution is -0.387. The first kappa shape index (κ1) is 18.7. The number of piperazine rings is 1. The fourth-order valence-corrected chi connectivity index (χ4v) is 4.46. The van der Waals surface area contributed by atoms with E-state index < -0.39 is 25.6 Å². The Bertz CT molecular complexity index is 988. The van der Waals surface area contributed by atoms with Crippen molar-refractivity contribution in [2.24, 2.45) is 0 Å². The molecular formula is C15H15N5O6S. The Morgan fingerprint density at radius 3 is 2.11 bits per heavy atom. The first-order valence-electron chi connectivity index (χ1n) is 7.90. The summed E-state index contributed by atoms with van der Waals surface area (Å²) in [6, 6.07) is 7.95. The van der Waals surface area contributed by atoms with Crippen LogP contribution in [0.1, 0.15) is 0 Å². The summed E-state index contributed by atoms with van der Waals surface area (Å²) in [5.41, 5.74) is -0.646. The Balaban J connectivity index is 1.82. The van der Waals surface area contributed by atoms with Crippen molar-refractivity contribution < 1.29 is 18.3 Å². The Hall–Kier alpha value is -3.12. The van der Waals surface area contributed by atoms with Crippen molar-refractivity contribution in [1.82, 2.24) is 9.29 Å². The number of benzene rings is 1. The number of hydrogen-bond acceptors (Lipinski definition) is 8. The second-order valence-electron chi connectivity index (χ2n) is 5.72. The Morgan fingerprint density at radius 1 is 0.889 bits per heavy atom. The van der Waals surface area contributed by atoms with Crippen LogP contribution >= 0.6 is 0 Å². The molecule has 2 heterocycles. The average molecular weight is 393 g/mol. The maximum atomic E-state index is 12.8. The van der Waals surface area contributed by atoms with Gasteiger partial charge in [-0.05, 0) is 12.1 Å². The standard InChI is InChI=1S/C15H15N5O6S/c21-19(22)12-4-1-2-6-14(12)27(25,26)18-10-8-17(9-11-18)15-13(20(23)24)5-3-7-16-15/h1-7H,8-11H2. The number of hydrogen-bond donors (Lipinski definition) is 0. The van der Waals surface area contributed by atoms with Gasteiger partial charge in [-0.15, -0.1) is 0 Å². The minimum Gasteiger partial charge on any atom is -0.348 e. The van der Waals surface area contributed by atoms with E-state index >= 15 is 0 Å². The maximum absolute atomic E-state index is 12.8. The lowest BCUT2D eigenvalue weighted by atomic mass is 10.3. The van der Waals surface area contributed by atoms with Gasteiger partial charge in [0, 0.05) is 44.5 Å². The highest BCUT2D eigenvalue weighted by molar-refractivity contribution is 7.89. The molecule has 0 unspecified atom stereocenters. The number of para-hydroxylation sites is 1. The third-order valence-corrected chi connectivity index (χ3v) is 6.13. The molecule has 11 nitrogen and oxygen atoms in total. The molecule has 12 heteroatoms. The number of aromatic nitrogens is 1. The second kappa shape index (κ2) is 7.25. The van der Waals surface area contributed by atoms with Crippen LogP contribution < -0.4 is 4.90 Å². The third kappa shape index (κ3) is 3.57. The highest BCUT2D eigenvalue weighted by Gasteiger charge is 2.34. The molecule has 2 aromatic rings. The zero-order valence-corrected chi connectivity index (χ0v) is 14.8. The Kier molecular flexibility index (Phi) is 5.01. The molecule has 0 N–H and O–H groups in total. The van der Waals surface area contributed by atoms with E-state index in [9.17, 15) is 28.6 Å². The number of pyridine rings is 1. The number of sulfonamides is 1. The van der Waals surface area contributed by atoms with Crippen molar-refractivity contribution in [3.63, 3.8) is 0 Å². The van der Waals surface area contributed by atoms with E-state index in [0.717, 1.165) is 10.4 Å². The highest BCUT2D eigenvalue weighted by Crippen LogP contribution is 2.29. The van der Waals surface area contributed by atoms with Crippen LogP contribution in [0.3, 0.4) is 0 Å². The molecule has 1 aromatic carbocycles. The molecule has 1 saturated heterocycles. The highest BCUT2D eigenvalue weighted by atomic mass is 32.2. The van der Waals surface area contributed by atoms with Crippen LogP contribution in [0.5, 0.6) is 0 Å². The first-order chi connectivity index (χ1) is 12.8. The molecule has 1 aliphatic rings. The molecule has 1 aliphatic heterocycles. The van der Waals surface area contributed by atoms with Gasteiger partial charge in [-0.25, -0.2) is 13.4 Å². The fraction of sp³-hybridized carbons (Fsp3) is 0.267. The van der Waals surface area contributed by atoms with Crippen LogP contribution in [-0.4, -0.2) is 53.7 Å². The van der Waals surface area contributed by atoms with Crippen molar-refractivity contribution in [1.29, 1.82) is 0 Å². The van der Waals surface area contributed by atoms with Gasteiger partial charge in [-0.2, -0.15) is 4.31 Å². The van der Waals surface area contributed by atoms with E-state index in [1.807, 2.05) is 0 Å². The maximum Gasteiger partial charge on any atom is 0.311 e. The predicted octanol–water partition coefficient (Wildman–Crippen LogP) is 1.41. The Morgan fingerprint density at radius 2 is 1.48 bits per heavy atom. The van der Waals surface area contributed by atoms with E-state index in [4.69, 9.17) is 0 Å². The van der Waals surface area contributed by atoms with Gasteiger partial charge < -0.3 is 4.90 Å². The molecule has 0 bridgehead atoms. The normalized spacial score (nSPS) is 15.5. The van der Waals surface area contributed by atoms with E-state index in [-0.39, 0.29) is 42.6 Å². The summed E-state index contributed by atoms with van der Waals surface area (Å²) in [5, 5.41) is 22.3. The summed E-state index contributed by atoms with van der Waals surface area (Å²) in [6.07, 6.45) is 1.43. The molecule has 0 spiro atoms. The van der Waals surface area contributed by atoms with Crippen LogP contribution in [0.2, 0.25) is 0 Å². The van der Waals surface area contributed by atoms with Crippen LogP contribution in [0, 0.1) is 20.2 Å². The van der Waals surface area contributed by atoms with Gasteiger partial charge in [0.2, 0.25) is 15.8 Å². The summed E-state index contributed by atoms with van der Waals surface area (Å²) in [6.45, 7) is 0.416. The quantitative estimate of drug-likeness (QED) is 0.548. The number of nitrogens with zero attached hydrogens (tertiary/aromatic N) is 5. The van der Waals surface area contributed by atoms with Gasteiger partial charge in [0.15, 0.2) is 4.90 Å². The third-order valence-electron chi connectivity index (χ3n) is 4.18. The summed E-state index contributed by atoms with van der Waals surface area (Å²) in [7, 11) is -4.06. The zero-order valence-electron chi connectivity index (χ0n) is 14.0. The van der Waals surface area contributed by atoms with Crippen LogP contribution in [0.4, 0.5) is 17.2 Å². The summed E-state index contributed by atoms with van der Waals surface area (Å²) in [4.78, 5) is 26.3. The second-order valence-corrected chi connectivity index (χ2v) is 7.63. The molecule has 0 atom stereocenters. The predicted molar refractivity (Wildman–Crippen MR) is 95.0 cm³/mol. The molecule has 1 fully saturated rings. The molecule has 0 aliphatic carbocycles. The fourth-order valence-electron chi connectivity index (χ4n) is 2.88. The van der Waals surface area contributed by atoms with E-state index in [2.05, 4.69) is 4.98 Å². The summed E-state index contributed by atoms with van der Waals surface area (Å²) >= 11 is 0. The Labute approximate surface area is 154 Å². The molecule has 0 amide bonds. The minimum absolute atomic E-state index is 0.0299. The van der Waals surface area contributed by atoms with Crippen LogP contribution in [0.15, 0.2) is 47.5 Å². The largest absolute Gasteiger partial charge is 0.348 e. The SMILES string of the molecule is O=[N+]([O-])c1ccccc1S(=O)(=O)N1CCN(c2ncccc2[N+](=O)[O-])CC1. The number of rotatable bonds is 5. The van der Waals surface area contributed by atoms with Crippen LogP contribution in [0.25, 0.3) is 0 Å². The number of nitro groups is 2. The van der Waals surface area contributed by atoms with Gasteiger partial charge in [0.1, 0.15) is 0 Å². The lowest BCUT2D eigenvalue weighted by Gasteiger charge is -2.34. The molecule has 0 saturated carbocycles. The lowest BCUT2D eigenvalue weighted by Crippen LogP contribution is -2.49. The van der Waals surface area contributed by atoms with Crippen molar-refractivity contribution in [2.45, 2.75) is 4.90 Å². The first-order valence-corrected chi connectivity index (χ1v) is 9.34. The molecular weight excluding hydrogens is 378 g/mol. The molecule has 1 aromatic heterocycles.